The Morgan fingerprint density at radius 1 is 1.36 bits per heavy atom. The molecule has 0 radical (unpaired) electrons. The number of rotatable bonds is 0. The number of ether oxygens (including phenoxy) is 1. The summed E-state index contributed by atoms with van der Waals surface area (Å²) in [5, 5.41) is 0. The van der Waals surface area contributed by atoms with Crippen molar-refractivity contribution in [2.24, 2.45) is 17.8 Å². The van der Waals surface area contributed by atoms with Crippen LogP contribution in [0.15, 0.2) is 0 Å². The Morgan fingerprint density at radius 3 is 2.82 bits per heavy atom. The summed E-state index contributed by atoms with van der Waals surface area (Å²) in [7, 11) is 0. The maximum Gasteiger partial charge on any atom is 0.310 e. The predicted molar refractivity (Wildman–Crippen MR) is 34.6 cm³/mol. The standard InChI is InChI=1S/C8H8O3/c9-5-1-4-6-2-3(5)7(4)8(10)11-6/h3-4,6-7H,1-2H2. The van der Waals surface area contributed by atoms with Crippen molar-refractivity contribution in [1.82, 2.24) is 0 Å². The number of hydrogen-bond acceptors (Lipinski definition) is 3. The van der Waals surface area contributed by atoms with E-state index >= 15 is 0 Å². The molecule has 0 aromatic carbocycles. The van der Waals surface area contributed by atoms with Gasteiger partial charge in [-0.25, -0.2) is 0 Å². The van der Waals surface area contributed by atoms with Crippen LogP contribution in [0.2, 0.25) is 0 Å². The summed E-state index contributed by atoms with van der Waals surface area (Å²) in [6.45, 7) is 0. The number of ketones is 1. The van der Waals surface area contributed by atoms with Gasteiger partial charge in [0, 0.05) is 18.3 Å². The van der Waals surface area contributed by atoms with Crippen LogP contribution in [0.3, 0.4) is 0 Å². The smallest absolute Gasteiger partial charge is 0.310 e. The number of Topliss-reactive ketones (excluding diaryl/α,β-unsaturated/α-hetero) is 1. The monoisotopic (exact) mass is 152 g/mol. The first-order chi connectivity index (χ1) is 5.27. The lowest BCUT2D eigenvalue weighted by Crippen LogP contribution is -2.28. The molecule has 0 N–H and O–H groups in total. The molecule has 0 amide bonds. The lowest BCUT2D eigenvalue weighted by Gasteiger charge is -2.19. The molecule has 2 saturated carbocycles. The summed E-state index contributed by atoms with van der Waals surface area (Å²) in [5.74, 6) is 0.397. The molecule has 1 heterocycles. The van der Waals surface area contributed by atoms with Crippen LogP contribution in [0, 0.1) is 17.8 Å². The molecule has 1 saturated heterocycles. The van der Waals surface area contributed by atoms with Gasteiger partial charge in [0.1, 0.15) is 11.9 Å². The molecule has 3 aliphatic rings. The number of carbonyl (C=O) groups excluding carboxylic acids is 2. The number of hydrogen-bond donors (Lipinski definition) is 0. The Bertz CT molecular complexity index is 258. The second kappa shape index (κ2) is 1.49. The largest absolute Gasteiger partial charge is 0.462 e. The van der Waals surface area contributed by atoms with E-state index in [1.54, 1.807) is 0 Å². The molecule has 4 unspecified atom stereocenters. The van der Waals surface area contributed by atoms with Gasteiger partial charge in [0.2, 0.25) is 0 Å². The molecule has 1 aliphatic heterocycles. The quantitative estimate of drug-likeness (QED) is 0.463. The van der Waals surface area contributed by atoms with E-state index in [1.807, 2.05) is 0 Å². The fraction of sp³-hybridized carbons (Fsp3) is 0.750. The fourth-order valence-electron chi connectivity index (χ4n) is 2.78. The van der Waals surface area contributed by atoms with Crippen LogP contribution in [0.5, 0.6) is 0 Å². The number of esters is 1. The highest BCUT2D eigenvalue weighted by Gasteiger charge is 2.62. The summed E-state index contributed by atoms with van der Waals surface area (Å²) >= 11 is 0. The highest BCUT2D eigenvalue weighted by Crippen LogP contribution is 2.53. The molecule has 0 aromatic rings. The molecule has 4 bridgehead atoms. The van der Waals surface area contributed by atoms with E-state index in [1.165, 1.54) is 0 Å². The van der Waals surface area contributed by atoms with Crippen molar-refractivity contribution in [1.29, 1.82) is 0 Å². The summed E-state index contributed by atoms with van der Waals surface area (Å²) in [6.07, 6.45) is 1.49. The van der Waals surface area contributed by atoms with Gasteiger partial charge in [0.25, 0.3) is 0 Å². The van der Waals surface area contributed by atoms with E-state index in [0.717, 1.165) is 6.42 Å². The first kappa shape index (κ1) is 5.75. The van der Waals surface area contributed by atoms with Crippen LogP contribution in [0.1, 0.15) is 12.8 Å². The third-order valence-corrected chi connectivity index (χ3v) is 3.25. The lowest BCUT2D eigenvalue weighted by molar-refractivity contribution is -0.153. The van der Waals surface area contributed by atoms with Crippen LogP contribution in [-0.2, 0) is 14.3 Å². The minimum atomic E-state index is -0.123. The van der Waals surface area contributed by atoms with Crippen molar-refractivity contribution in [2.75, 3.05) is 0 Å². The summed E-state index contributed by atoms with van der Waals surface area (Å²) in [5.41, 5.74) is 0. The Kier molecular flexibility index (Phi) is 0.780. The zero-order valence-electron chi connectivity index (χ0n) is 5.95. The van der Waals surface area contributed by atoms with Gasteiger partial charge in [-0.05, 0) is 6.42 Å². The molecular formula is C8H8O3. The third-order valence-electron chi connectivity index (χ3n) is 3.25. The van der Waals surface area contributed by atoms with Crippen molar-refractivity contribution in [2.45, 2.75) is 18.9 Å². The van der Waals surface area contributed by atoms with Gasteiger partial charge in [-0.3, -0.25) is 9.59 Å². The van der Waals surface area contributed by atoms with Gasteiger partial charge in [0.05, 0.1) is 5.92 Å². The molecule has 58 valence electrons. The normalized spacial score (nSPS) is 52.0. The minimum Gasteiger partial charge on any atom is -0.462 e. The third kappa shape index (κ3) is 0.481. The SMILES string of the molecule is O=C1CC2C3CC1C2C(=O)O3. The first-order valence-electron chi connectivity index (χ1n) is 4.00. The van der Waals surface area contributed by atoms with Crippen molar-refractivity contribution in [3.8, 4) is 0 Å². The van der Waals surface area contributed by atoms with E-state index in [0.29, 0.717) is 6.42 Å². The average Bonchev–Trinajstić information content (AvgIpc) is 2.51. The van der Waals surface area contributed by atoms with E-state index in [-0.39, 0.29) is 35.6 Å². The van der Waals surface area contributed by atoms with E-state index in [9.17, 15) is 9.59 Å². The Morgan fingerprint density at radius 2 is 2.18 bits per heavy atom. The molecule has 0 spiro atoms. The van der Waals surface area contributed by atoms with Crippen LogP contribution in [0.4, 0.5) is 0 Å². The average molecular weight is 152 g/mol. The minimum absolute atomic E-state index is 0.0336. The maximum atomic E-state index is 11.2. The van der Waals surface area contributed by atoms with Crippen molar-refractivity contribution in [3.05, 3.63) is 0 Å². The number of carbonyl (C=O) groups is 2. The molecule has 4 atom stereocenters. The first-order valence-corrected chi connectivity index (χ1v) is 4.00. The highest BCUT2D eigenvalue weighted by molar-refractivity contribution is 5.94. The Balaban J connectivity index is 2.08. The molecule has 2 aliphatic carbocycles. The molecule has 3 fully saturated rings. The fourth-order valence-corrected chi connectivity index (χ4v) is 2.78. The summed E-state index contributed by atoms with van der Waals surface area (Å²) in [6, 6.07) is 0. The van der Waals surface area contributed by atoms with Gasteiger partial charge in [-0.2, -0.15) is 0 Å². The molecule has 3 nitrogen and oxygen atoms in total. The second-order valence-electron chi connectivity index (χ2n) is 3.68. The second-order valence-corrected chi connectivity index (χ2v) is 3.68. The zero-order valence-corrected chi connectivity index (χ0v) is 5.95. The zero-order chi connectivity index (χ0) is 7.59. The Labute approximate surface area is 63.7 Å². The van der Waals surface area contributed by atoms with Gasteiger partial charge in [-0.1, -0.05) is 0 Å². The van der Waals surface area contributed by atoms with Gasteiger partial charge >= 0.3 is 5.97 Å². The van der Waals surface area contributed by atoms with Crippen molar-refractivity contribution in [3.63, 3.8) is 0 Å². The van der Waals surface area contributed by atoms with E-state index in [2.05, 4.69) is 0 Å². The van der Waals surface area contributed by atoms with E-state index < -0.39 is 0 Å². The van der Waals surface area contributed by atoms with Crippen LogP contribution >= 0.6 is 0 Å². The Hall–Kier alpha value is -0.860. The summed E-state index contributed by atoms with van der Waals surface area (Å²) < 4.78 is 5.05. The van der Waals surface area contributed by atoms with E-state index in [4.69, 9.17) is 4.74 Å². The van der Waals surface area contributed by atoms with Crippen LogP contribution in [0.25, 0.3) is 0 Å². The van der Waals surface area contributed by atoms with Gasteiger partial charge in [0.15, 0.2) is 0 Å². The molecule has 11 heavy (non-hydrogen) atoms. The molecule has 3 heteroatoms. The van der Waals surface area contributed by atoms with Crippen molar-refractivity contribution >= 4 is 11.8 Å². The van der Waals surface area contributed by atoms with Crippen LogP contribution in [-0.4, -0.2) is 17.9 Å². The molecular weight excluding hydrogens is 144 g/mol. The summed E-state index contributed by atoms with van der Waals surface area (Å²) in [4.78, 5) is 22.2. The van der Waals surface area contributed by atoms with Gasteiger partial charge < -0.3 is 4.74 Å². The van der Waals surface area contributed by atoms with Crippen molar-refractivity contribution < 1.29 is 14.3 Å². The molecule has 0 aromatic heterocycles. The predicted octanol–water partition coefficient (Wildman–Crippen LogP) is 0.137. The maximum absolute atomic E-state index is 11.2. The highest BCUT2D eigenvalue weighted by atomic mass is 16.6. The topological polar surface area (TPSA) is 43.4 Å². The van der Waals surface area contributed by atoms with Gasteiger partial charge in [-0.15, -0.1) is 0 Å². The molecule has 3 rings (SSSR count). The lowest BCUT2D eigenvalue weighted by atomic mass is 9.96. The van der Waals surface area contributed by atoms with Crippen LogP contribution < -0.4 is 0 Å².